The predicted octanol–water partition coefficient (Wildman–Crippen LogP) is 4.51. The van der Waals surface area contributed by atoms with Crippen LogP contribution in [0.5, 0.6) is 0 Å². The van der Waals surface area contributed by atoms with Crippen molar-refractivity contribution in [2.75, 3.05) is 23.7 Å². The van der Waals surface area contributed by atoms with Crippen molar-refractivity contribution in [2.24, 2.45) is 0 Å². The Labute approximate surface area is 215 Å². The number of unbranched alkanes of at least 4 members (excludes halogenated alkanes) is 1. The highest BCUT2D eigenvalue weighted by Gasteiger charge is 2.30. The van der Waals surface area contributed by atoms with Gasteiger partial charge >= 0.3 is 0 Å². The second-order valence-corrected chi connectivity index (χ2v) is 11.4. The number of benzene rings is 2. The van der Waals surface area contributed by atoms with Gasteiger partial charge in [0.05, 0.1) is 11.9 Å². The van der Waals surface area contributed by atoms with E-state index in [0.29, 0.717) is 22.8 Å². The van der Waals surface area contributed by atoms with Crippen LogP contribution in [0.15, 0.2) is 46.9 Å². The summed E-state index contributed by atoms with van der Waals surface area (Å²) in [5.74, 6) is -0.770. The van der Waals surface area contributed by atoms with Gasteiger partial charge in [0.1, 0.15) is 12.6 Å². The number of hydrogen-bond donors (Lipinski definition) is 1. The number of anilines is 1. The summed E-state index contributed by atoms with van der Waals surface area (Å²) in [5.41, 5.74) is 1.80. The van der Waals surface area contributed by atoms with Crippen LogP contribution in [0.4, 0.5) is 5.69 Å². The van der Waals surface area contributed by atoms with Crippen molar-refractivity contribution in [1.82, 2.24) is 10.2 Å². The Morgan fingerprint density at radius 2 is 1.79 bits per heavy atom. The minimum atomic E-state index is -3.79. The standard InChI is InChI=1S/C24H31BrClN3O4S/c1-5-6-13-27-24(31)18(3)28(15-19-7-9-20(25)10-8-19)23(30)16-29(34(4,32)33)22-12-11-21(26)14-17(22)2/h7-12,14,18H,5-6,13,15-16H2,1-4H3,(H,27,31). The molecule has 0 saturated carbocycles. The Morgan fingerprint density at radius 1 is 1.15 bits per heavy atom. The number of aryl methyl sites for hydroxylation is 1. The SMILES string of the molecule is CCCCNC(=O)C(C)N(Cc1ccc(Br)cc1)C(=O)CN(c1ccc(Cl)cc1C)S(C)(=O)=O. The van der Waals surface area contributed by atoms with Crippen LogP contribution in [0, 0.1) is 6.92 Å². The Balaban J connectivity index is 2.37. The van der Waals surface area contributed by atoms with Gasteiger partial charge < -0.3 is 10.2 Å². The number of nitrogens with zero attached hydrogens (tertiary/aromatic N) is 2. The van der Waals surface area contributed by atoms with Crippen molar-refractivity contribution >= 4 is 55.1 Å². The van der Waals surface area contributed by atoms with Crippen LogP contribution < -0.4 is 9.62 Å². The van der Waals surface area contributed by atoms with Crippen LogP contribution in [-0.4, -0.2) is 50.5 Å². The molecule has 0 fully saturated rings. The quantitative estimate of drug-likeness (QED) is 0.402. The maximum atomic E-state index is 13.5. The third kappa shape index (κ3) is 7.99. The molecule has 0 aliphatic heterocycles. The molecule has 0 bridgehead atoms. The zero-order valence-corrected chi connectivity index (χ0v) is 23.0. The lowest BCUT2D eigenvalue weighted by molar-refractivity contribution is -0.139. The molecule has 186 valence electrons. The van der Waals surface area contributed by atoms with Gasteiger partial charge in [0.15, 0.2) is 0 Å². The third-order valence-corrected chi connectivity index (χ3v) is 7.26. The van der Waals surface area contributed by atoms with E-state index < -0.39 is 28.5 Å². The Kier molecular flexibility index (Phi) is 10.4. The van der Waals surface area contributed by atoms with E-state index in [-0.39, 0.29) is 12.5 Å². The molecule has 0 heterocycles. The largest absolute Gasteiger partial charge is 0.354 e. The highest BCUT2D eigenvalue weighted by molar-refractivity contribution is 9.10. The number of sulfonamides is 1. The van der Waals surface area contributed by atoms with Gasteiger partial charge in [-0.3, -0.25) is 13.9 Å². The fourth-order valence-electron chi connectivity index (χ4n) is 3.40. The minimum absolute atomic E-state index is 0.158. The summed E-state index contributed by atoms with van der Waals surface area (Å²) in [5, 5.41) is 3.33. The van der Waals surface area contributed by atoms with Crippen molar-refractivity contribution in [1.29, 1.82) is 0 Å². The molecule has 0 aliphatic carbocycles. The van der Waals surface area contributed by atoms with Crippen LogP contribution in [0.2, 0.25) is 5.02 Å². The van der Waals surface area contributed by atoms with E-state index in [4.69, 9.17) is 11.6 Å². The van der Waals surface area contributed by atoms with Crippen molar-refractivity contribution in [3.05, 3.63) is 63.1 Å². The molecule has 7 nitrogen and oxygen atoms in total. The van der Waals surface area contributed by atoms with Crippen molar-refractivity contribution in [3.8, 4) is 0 Å². The summed E-state index contributed by atoms with van der Waals surface area (Å²) in [4.78, 5) is 27.7. The normalized spacial score (nSPS) is 12.2. The first kappa shape index (κ1) is 28.1. The fraction of sp³-hybridized carbons (Fsp3) is 0.417. The minimum Gasteiger partial charge on any atom is -0.354 e. The van der Waals surface area contributed by atoms with E-state index >= 15 is 0 Å². The second kappa shape index (κ2) is 12.6. The van der Waals surface area contributed by atoms with Gasteiger partial charge in [0.25, 0.3) is 0 Å². The molecule has 2 rings (SSSR count). The topological polar surface area (TPSA) is 86.8 Å². The maximum Gasteiger partial charge on any atom is 0.244 e. The summed E-state index contributed by atoms with van der Waals surface area (Å²) in [6.07, 6.45) is 2.81. The Morgan fingerprint density at radius 3 is 2.35 bits per heavy atom. The smallest absolute Gasteiger partial charge is 0.244 e. The van der Waals surface area contributed by atoms with Crippen LogP contribution >= 0.6 is 27.5 Å². The molecule has 2 aromatic carbocycles. The monoisotopic (exact) mass is 571 g/mol. The number of nitrogens with one attached hydrogen (secondary N) is 1. The highest BCUT2D eigenvalue weighted by atomic mass is 79.9. The molecule has 10 heteroatoms. The third-order valence-electron chi connectivity index (χ3n) is 5.37. The van der Waals surface area contributed by atoms with Gasteiger partial charge in [-0.15, -0.1) is 0 Å². The fourth-order valence-corrected chi connectivity index (χ4v) is 4.80. The van der Waals surface area contributed by atoms with Gasteiger partial charge in [-0.2, -0.15) is 0 Å². The number of amides is 2. The lowest BCUT2D eigenvalue weighted by Gasteiger charge is -2.32. The molecule has 34 heavy (non-hydrogen) atoms. The Bertz CT molecular complexity index is 1110. The lowest BCUT2D eigenvalue weighted by Crippen LogP contribution is -2.51. The van der Waals surface area contributed by atoms with E-state index in [2.05, 4.69) is 21.2 Å². The Hall–Kier alpha value is -2.10. The molecular formula is C24H31BrClN3O4S. The van der Waals surface area contributed by atoms with Crippen LogP contribution in [0.3, 0.4) is 0 Å². The van der Waals surface area contributed by atoms with Crippen molar-refractivity contribution in [3.63, 3.8) is 0 Å². The summed E-state index contributed by atoms with van der Waals surface area (Å²) < 4.78 is 27.2. The van der Waals surface area contributed by atoms with Gasteiger partial charge in [0, 0.05) is 22.6 Å². The number of carbonyl (C=O) groups is 2. The van der Waals surface area contributed by atoms with E-state index in [1.807, 2.05) is 31.2 Å². The molecule has 0 aliphatic rings. The van der Waals surface area contributed by atoms with Crippen molar-refractivity contribution < 1.29 is 18.0 Å². The van der Waals surface area contributed by atoms with Crippen LogP contribution in [0.1, 0.15) is 37.8 Å². The number of rotatable bonds is 11. The molecule has 2 aromatic rings. The molecule has 1 N–H and O–H groups in total. The van der Waals surface area contributed by atoms with E-state index in [9.17, 15) is 18.0 Å². The summed E-state index contributed by atoms with van der Waals surface area (Å²) in [7, 11) is -3.79. The average molecular weight is 573 g/mol. The molecule has 1 atom stereocenters. The molecule has 0 saturated heterocycles. The van der Waals surface area contributed by atoms with E-state index in [1.54, 1.807) is 32.0 Å². The van der Waals surface area contributed by atoms with Crippen molar-refractivity contribution in [2.45, 2.75) is 46.2 Å². The summed E-state index contributed by atoms with van der Waals surface area (Å²) in [6.45, 7) is 5.64. The predicted molar refractivity (Wildman–Crippen MR) is 140 cm³/mol. The average Bonchev–Trinajstić information content (AvgIpc) is 2.76. The maximum absolute atomic E-state index is 13.5. The van der Waals surface area contributed by atoms with Gasteiger partial charge in [-0.05, 0) is 61.7 Å². The number of halogens is 2. The molecular weight excluding hydrogens is 542 g/mol. The first-order chi connectivity index (χ1) is 15.9. The van der Waals surface area contributed by atoms with E-state index in [0.717, 1.165) is 33.4 Å². The van der Waals surface area contributed by atoms with Crippen LogP contribution in [0.25, 0.3) is 0 Å². The summed E-state index contributed by atoms with van der Waals surface area (Å²) in [6, 6.07) is 11.4. The number of hydrogen-bond acceptors (Lipinski definition) is 4. The lowest BCUT2D eigenvalue weighted by atomic mass is 10.1. The number of carbonyl (C=O) groups excluding carboxylic acids is 2. The molecule has 2 amide bonds. The van der Waals surface area contributed by atoms with E-state index in [1.165, 1.54) is 4.90 Å². The zero-order chi connectivity index (χ0) is 25.5. The molecule has 0 radical (unpaired) electrons. The first-order valence-corrected chi connectivity index (χ1v) is 14.0. The second-order valence-electron chi connectivity index (χ2n) is 8.17. The molecule has 1 unspecified atom stereocenters. The summed E-state index contributed by atoms with van der Waals surface area (Å²) >= 11 is 9.42. The van der Waals surface area contributed by atoms with Crippen LogP contribution in [-0.2, 0) is 26.2 Å². The highest BCUT2D eigenvalue weighted by Crippen LogP contribution is 2.26. The first-order valence-electron chi connectivity index (χ1n) is 11.0. The van der Waals surface area contributed by atoms with Gasteiger partial charge in [-0.25, -0.2) is 8.42 Å². The molecule has 0 aromatic heterocycles. The van der Waals surface area contributed by atoms with Gasteiger partial charge in [-0.1, -0.05) is 53.0 Å². The zero-order valence-electron chi connectivity index (χ0n) is 19.8. The molecule has 0 spiro atoms. The van der Waals surface area contributed by atoms with Gasteiger partial charge in [0.2, 0.25) is 21.8 Å².